The molecule has 0 spiro atoms. The maximum atomic E-state index is 3.83. The van der Waals surface area contributed by atoms with Gasteiger partial charge < -0.3 is 37.2 Å². The molecule has 0 radical (unpaired) electrons. The van der Waals surface area contributed by atoms with E-state index in [2.05, 4.69) is 37.2 Å². The van der Waals surface area contributed by atoms with E-state index in [9.17, 15) is 0 Å². The molecule has 0 amide bonds. The molecule has 0 saturated heterocycles. The van der Waals surface area contributed by atoms with E-state index >= 15 is 0 Å². The molecule has 0 atom stereocenters. The van der Waals surface area contributed by atoms with Gasteiger partial charge >= 0.3 is 62.2 Å². The van der Waals surface area contributed by atoms with Crippen molar-refractivity contribution in [3.63, 3.8) is 0 Å². The van der Waals surface area contributed by atoms with Crippen LogP contribution in [0, 0.1) is 121 Å². The standard InChI is InChI=1S/C10H19N2.3U/c1-6-11(7-2)10(5)12(8-3)9-4;;;/h1-4,6-9H2,5H3;;;/q-3;;2*+2. The molecule has 0 aromatic carbocycles. The fourth-order valence-electron chi connectivity index (χ4n) is 1.07. The van der Waals surface area contributed by atoms with Crippen molar-refractivity contribution in [2.45, 2.75) is 6.92 Å². The van der Waals surface area contributed by atoms with Crippen LogP contribution in [0.2, 0.25) is 0 Å². The maximum absolute atomic E-state index is 3.83. The second-order valence-electron chi connectivity index (χ2n) is 2.52. The van der Waals surface area contributed by atoms with Gasteiger partial charge in [0.15, 0.2) is 0 Å². The van der Waals surface area contributed by atoms with Crippen molar-refractivity contribution in [2.75, 3.05) is 26.2 Å². The van der Waals surface area contributed by atoms with E-state index in [1.165, 1.54) is 0 Å². The van der Waals surface area contributed by atoms with Crippen molar-refractivity contribution >= 4 is 5.84 Å². The van der Waals surface area contributed by atoms with Crippen LogP contribution in [0.4, 0.5) is 0 Å². The summed E-state index contributed by atoms with van der Waals surface area (Å²) >= 11 is 0. The molecule has 0 bridgehead atoms. The molecule has 0 fully saturated rings. The molecule has 2 nitrogen and oxygen atoms in total. The van der Waals surface area contributed by atoms with Crippen LogP contribution in [0.25, 0.3) is 0 Å². The van der Waals surface area contributed by atoms with Crippen molar-refractivity contribution in [3.05, 3.63) is 27.7 Å². The second-order valence-corrected chi connectivity index (χ2v) is 2.52. The monoisotopic (exact) mass is 881 g/mol. The molecule has 0 aliphatic rings. The molecule has 15 heavy (non-hydrogen) atoms. The number of hydrogen-bond acceptors (Lipinski definition) is 0. The number of nitrogens with zero attached hydrogens (tertiary/aromatic N) is 2. The van der Waals surface area contributed by atoms with Crippen molar-refractivity contribution in [1.29, 1.82) is 0 Å². The molecule has 0 rings (SSSR count). The SMILES string of the molecule is [CH2-]CN(C[CH2-])C(C)=[N+](C[CH2-])C[CH2-].[U+2].[U+2].[U]. The van der Waals surface area contributed by atoms with Crippen LogP contribution in [-0.4, -0.2) is 41.5 Å². The smallest absolute Gasteiger partial charge is 0.325 e. The normalized spacial score (nSPS) is 7.80. The third kappa shape index (κ3) is 10.3. The van der Waals surface area contributed by atoms with Gasteiger partial charge in [-0.2, -0.15) is 0 Å². The Morgan fingerprint density at radius 1 is 1.00 bits per heavy atom. The van der Waals surface area contributed by atoms with E-state index < -0.39 is 0 Å². The Kier molecular flexibility index (Phi) is 29.1. The first-order valence-corrected chi connectivity index (χ1v) is 4.21. The summed E-state index contributed by atoms with van der Waals surface area (Å²) in [5.41, 5.74) is 0. The first-order chi connectivity index (χ1) is 5.71. The number of amidine groups is 1. The molecule has 0 aliphatic carbocycles. The summed E-state index contributed by atoms with van der Waals surface area (Å²) in [6, 6.07) is 0. The van der Waals surface area contributed by atoms with E-state index in [0.29, 0.717) is 0 Å². The molecule has 0 N–H and O–H groups in total. The van der Waals surface area contributed by atoms with Gasteiger partial charge in [0.05, 0.1) is 0 Å². The summed E-state index contributed by atoms with van der Waals surface area (Å²) in [6.45, 7) is 20.3. The quantitative estimate of drug-likeness (QED) is 0.178. The van der Waals surface area contributed by atoms with Crippen molar-refractivity contribution in [1.82, 2.24) is 4.90 Å². The first kappa shape index (κ1) is 26.2. The minimum absolute atomic E-state index is 0. The molecule has 0 aromatic rings. The maximum Gasteiger partial charge on any atom is 2.00 e. The van der Waals surface area contributed by atoms with E-state index in [0.717, 1.165) is 32.0 Å². The largest absolute Gasteiger partial charge is 2.00 e. The summed E-state index contributed by atoms with van der Waals surface area (Å²) in [7, 11) is 0. The van der Waals surface area contributed by atoms with Gasteiger partial charge in [-0.1, -0.05) is 0 Å². The van der Waals surface area contributed by atoms with Crippen LogP contribution in [0.5, 0.6) is 0 Å². The van der Waals surface area contributed by atoms with Crippen LogP contribution < -0.4 is 0 Å². The topological polar surface area (TPSA) is 6.25 Å². The van der Waals surface area contributed by atoms with E-state index in [4.69, 9.17) is 0 Å². The minimum atomic E-state index is 0. The summed E-state index contributed by atoms with van der Waals surface area (Å²) in [5, 5.41) is 0. The summed E-state index contributed by atoms with van der Waals surface area (Å²) in [6.07, 6.45) is 0. The van der Waals surface area contributed by atoms with E-state index in [1.807, 2.05) is 6.92 Å². The molecule has 0 saturated carbocycles. The molecule has 5 heteroatoms. The predicted molar refractivity (Wildman–Crippen MR) is 53.7 cm³/mol. The Morgan fingerprint density at radius 3 is 1.53 bits per heavy atom. The zero-order valence-electron chi connectivity index (χ0n) is 9.55. The molecular formula is C10H19N2U3+. The van der Waals surface area contributed by atoms with Crippen LogP contribution in [0.3, 0.4) is 0 Å². The molecule has 0 aromatic heterocycles. The van der Waals surface area contributed by atoms with Crippen molar-refractivity contribution in [2.24, 2.45) is 0 Å². The Labute approximate surface area is 167 Å². The van der Waals surface area contributed by atoms with Gasteiger partial charge in [0, 0.05) is 38.0 Å². The third-order valence-corrected chi connectivity index (χ3v) is 1.99. The van der Waals surface area contributed by atoms with Gasteiger partial charge in [-0.15, -0.1) is 0 Å². The predicted octanol–water partition coefficient (Wildman–Crippen LogP) is 1.06. The number of rotatable bonds is 4. The van der Waals surface area contributed by atoms with Crippen LogP contribution in [-0.2, 0) is 0 Å². The zero-order chi connectivity index (χ0) is 9.56. The summed E-state index contributed by atoms with van der Waals surface area (Å²) in [4.78, 5) is 2.09. The van der Waals surface area contributed by atoms with Gasteiger partial charge in [-0.25, -0.2) is 0 Å². The van der Waals surface area contributed by atoms with Crippen LogP contribution >= 0.6 is 0 Å². The van der Waals surface area contributed by atoms with Gasteiger partial charge in [0.2, 0.25) is 5.84 Å². The average molecular weight is 881 g/mol. The van der Waals surface area contributed by atoms with E-state index in [-0.39, 0.29) is 93.3 Å². The molecule has 0 heterocycles. The van der Waals surface area contributed by atoms with Crippen molar-refractivity contribution in [3.8, 4) is 0 Å². The van der Waals surface area contributed by atoms with Gasteiger partial charge in [0.1, 0.15) is 0 Å². The molecule has 0 unspecified atom stereocenters. The van der Waals surface area contributed by atoms with Crippen LogP contribution in [0.1, 0.15) is 6.92 Å². The van der Waals surface area contributed by atoms with Crippen molar-refractivity contribution < 1.29 is 97.9 Å². The Balaban J connectivity index is -0.000000202. The summed E-state index contributed by atoms with van der Waals surface area (Å²) in [5.74, 6) is 1.16. The Morgan fingerprint density at radius 2 is 1.33 bits per heavy atom. The van der Waals surface area contributed by atoms with Gasteiger partial charge in [-0.3, -0.25) is 0 Å². The Hall–Kier alpha value is 2.63. The fraction of sp³-hybridized carbons (Fsp3) is 0.500. The van der Waals surface area contributed by atoms with Gasteiger partial charge in [-0.05, 0) is 26.2 Å². The zero-order valence-corrected chi connectivity index (χ0v) is 22.0. The molecular weight excluding hydrogens is 862 g/mol. The molecule has 80 valence electrons. The third-order valence-electron chi connectivity index (χ3n) is 1.99. The second kappa shape index (κ2) is 16.6. The van der Waals surface area contributed by atoms with Crippen LogP contribution in [0.15, 0.2) is 0 Å². The summed E-state index contributed by atoms with van der Waals surface area (Å²) < 4.78 is 2.09. The minimum Gasteiger partial charge on any atom is -0.325 e. The molecule has 0 aliphatic heterocycles. The van der Waals surface area contributed by atoms with E-state index in [1.54, 1.807) is 0 Å². The number of hydrogen-bond donors (Lipinski definition) is 0. The van der Waals surface area contributed by atoms with Gasteiger partial charge in [0.25, 0.3) is 0 Å². The Bertz CT molecular complexity index is 151. The fourth-order valence-corrected chi connectivity index (χ4v) is 1.07. The first-order valence-electron chi connectivity index (χ1n) is 4.21. The average Bonchev–Trinajstić information content (AvgIpc) is 2.09.